The molecule has 4 heteroatoms. The van der Waals surface area contributed by atoms with Gasteiger partial charge in [0.2, 0.25) is 5.91 Å². The SMILES string of the molecule is O=C(Cc1ccc(O)cc1)N1C[C@H]2CC[C@@H]1CN(C1Cc3ccccc3C1)C2. The van der Waals surface area contributed by atoms with Crippen molar-refractivity contribution < 1.29 is 9.90 Å². The van der Waals surface area contributed by atoms with Crippen molar-refractivity contribution in [3.63, 3.8) is 0 Å². The molecule has 0 aromatic heterocycles. The largest absolute Gasteiger partial charge is 0.508 e. The van der Waals surface area contributed by atoms with E-state index in [4.69, 9.17) is 0 Å². The second-order valence-electron chi connectivity index (χ2n) is 8.77. The maximum atomic E-state index is 13.0. The molecule has 1 N–H and O–H groups in total. The fraction of sp³-hybridized carbons (Fsp3) is 0.458. The van der Waals surface area contributed by atoms with Gasteiger partial charge in [0.05, 0.1) is 6.42 Å². The van der Waals surface area contributed by atoms with Gasteiger partial charge in [-0.3, -0.25) is 9.69 Å². The van der Waals surface area contributed by atoms with Gasteiger partial charge in [-0.15, -0.1) is 0 Å². The van der Waals surface area contributed by atoms with Crippen LogP contribution in [0.1, 0.15) is 29.5 Å². The van der Waals surface area contributed by atoms with Gasteiger partial charge >= 0.3 is 0 Å². The van der Waals surface area contributed by atoms with Gasteiger partial charge in [0.25, 0.3) is 0 Å². The Bertz CT molecular complexity index is 838. The zero-order valence-corrected chi connectivity index (χ0v) is 16.3. The Hall–Kier alpha value is -2.33. The van der Waals surface area contributed by atoms with Gasteiger partial charge in [0, 0.05) is 31.7 Å². The number of rotatable bonds is 3. The Balaban J connectivity index is 1.28. The lowest BCUT2D eigenvalue weighted by molar-refractivity contribution is -0.134. The number of phenols is 1. The van der Waals surface area contributed by atoms with Crippen LogP contribution >= 0.6 is 0 Å². The molecular formula is C24H28N2O2. The summed E-state index contributed by atoms with van der Waals surface area (Å²) < 4.78 is 0. The number of hydrogen-bond acceptors (Lipinski definition) is 3. The van der Waals surface area contributed by atoms with Gasteiger partial charge in [0.1, 0.15) is 5.75 Å². The number of amides is 1. The first-order valence-electron chi connectivity index (χ1n) is 10.5. The molecule has 1 aliphatic carbocycles. The average Bonchev–Trinajstić information content (AvgIpc) is 2.92. The summed E-state index contributed by atoms with van der Waals surface area (Å²) in [6.07, 6.45) is 5.10. The predicted molar refractivity (Wildman–Crippen MR) is 109 cm³/mol. The van der Waals surface area contributed by atoms with Gasteiger partial charge < -0.3 is 10.0 Å². The minimum Gasteiger partial charge on any atom is -0.508 e. The van der Waals surface area contributed by atoms with E-state index in [1.54, 1.807) is 12.1 Å². The first-order chi connectivity index (χ1) is 13.7. The molecule has 0 radical (unpaired) electrons. The van der Waals surface area contributed by atoms with Crippen LogP contribution in [0.5, 0.6) is 5.75 Å². The average molecular weight is 377 g/mol. The minimum absolute atomic E-state index is 0.233. The van der Waals surface area contributed by atoms with Crippen LogP contribution in [0.3, 0.4) is 0 Å². The topological polar surface area (TPSA) is 43.8 Å². The summed E-state index contributed by atoms with van der Waals surface area (Å²) in [5, 5.41) is 9.46. The lowest BCUT2D eigenvalue weighted by atomic mass is 9.94. The highest BCUT2D eigenvalue weighted by Crippen LogP contribution is 2.33. The van der Waals surface area contributed by atoms with E-state index in [1.807, 2.05) is 12.1 Å². The molecule has 0 spiro atoms. The smallest absolute Gasteiger partial charge is 0.227 e. The van der Waals surface area contributed by atoms with Crippen molar-refractivity contribution in [2.24, 2.45) is 5.92 Å². The third kappa shape index (κ3) is 3.42. The van der Waals surface area contributed by atoms with Gasteiger partial charge in [0.15, 0.2) is 0 Å². The van der Waals surface area contributed by atoms with E-state index >= 15 is 0 Å². The molecular weight excluding hydrogens is 348 g/mol. The molecule has 146 valence electrons. The quantitative estimate of drug-likeness (QED) is 0.896. The van der Waals surface area contributed by atoms with Crippen LogP contribution < -0.4 is 0 Å². The summed E-state index contributed by atoms with van der Waals surface area (Å²) in [6.45, 7) is 3.03. The van der Waals surface area contributed by atoms with Crippen LogP contribution in [0.25, 0.3) is 0 Å². The van der Waals surface area contributed by atoms with Crippen molar-refractivity contribution in [1.29, 1.82) is 0 Å². The summed E-state index contributed by atoms with van der Waals surface area (Å²) in [6, 6.07) is 16.8. The van der Waals surface area contributed by atoms with Gasteiger partial charge in [-0.1, -0.05) is 36.4 Å². The maximum absolute atomic E-state index is 13.0. The lowest BCUT2D eigenvalue weighted by Crippen LogP contribution is -2.48. The van der Waals surface area contributed by atoms with Gasteiger partial charge in [-0.2, -0.15) is 0 Å². The number of benzene rings is 2. The van der Waals surface area contributed by atoms with E-state index in [1.165, 1.54) is 17.5 Å². The zero-order valence-electron chi connectivity index (χ0n) is 16.3. The van der Waals surface area contributed by atoms with E-state index in [2.05, 4.69) is 34.1 Å². The highest BCUT2D eigenvalue weighted by Gasteiger charge is 2.40. The summed E-state index contributed by atoms with van der Waals surface area (Å²) in [5.41, 5.74) is 3.99. The maximum Gasteiger partial charge on any atom is 0.227 e. The van der Waals surface area contributed by atoms with Crippen LogP contribution in [0.15, 0.2) is 48.5 Å². The Morgan fingerprint density at radius 1 is 0.893 bits per heavy atom. The van der Waals surface area contributed by atoms with Crippen molar-refractivity contribution in [2.45, 2.75) is 44.2 Å². The Morgan fingerprint density at radius 3 is 2.32 bits per heavy atom. The Kier molecular flexibility index (Phi) is 4.59. The number of carbonyl (C=O) groups excluding carboxylic acids is 1. The molecule has 6 rings (SSSR count). The summed E-state index contributed by atoms with van der Waals surface area (Å²) in [4.78, 5) is 17.9. The van der Waals surface area contributed by atoms with E-state index in [0.717, 1.165) is 44.5 Å². The van der Waals surface area contributed by atoms with Crippen LogP contribution in [-0.2, 0) is 24.1 Å². The predicted octanol–water partition coefficient (Wildman–Crippen LogP) is 3.02. The third-order valence-electron chi connectivity index (χ3n) is 6.90. The monoisotopic (exact) mass is 376 g/mol. The molecule has 3 saturated heterocycles. The van der Waals surface area contributed by atoms with Crippen LogP contribution in [0.2, 0.25) is 0 Å². The second kappa shape index (κ2) is 7.25. The molecule has 3 fully saturated rings. The first-order valence-corrected chi connectivity index (χ1v) is 10.5. The molecule has 2 atom stereocenters. The minimum atomic E-state index is 0.233. The number of hydrogen-bond donors (Lipinski definition) is 1. The van der Waals surface area contributed by atoms with Crippen molar-refractivity contribution >= 4 is 5.91 Å². The summed E-state index contributed by atoms with van der Waals surface area (Å²) >= 11 is 0. The molecule has 2 aromatic carbocycles. The molecule has 3 aliphatic heterocycles. The fourth-order valence-corrected chi connectivity index (χ4v) is 5.41. The Morgan fingerprint density at radius 2 is 1.61 bits per heavy atom. The van der Waals surface area contributed by atoms with Crippen molar-refractivity contribution in [2.75, 3.05) is 19.6 Å². The van der Waals surface area contributed by atoms with E-state index < -0.39 is 0 Å². The summed E-state index contributed by atoms with van der Waals surface area (Å²) in [7, 11) is 0. The van der Waals surface area contributed by atoms with E-state index in [-0.39, 0.29) is 11.7 Å². The molecule has 2 aromatic rings. The van der Waals surface area contributed by atoms with Crippen molar-refractivity contribution in [1.82, 2.24) is 9.80 Å². The molecule has 28 heavy (non-hydrogen) atoms. The fourth-order valence-electron chi connectivity index (χ4n) is 5.41. The molecule has 3 heterocycles. The molecule has 4 aliphatic rings. The number of piperidine rings is 1. The highest BCUT2D eigenvalue weighted by molar-refractivity contribution is 5.79. The third-order valence-corrected chi connectivity index (χ3v) is 6.90. The van der Waals surface area contributed by atoms with Crippen LogP contribution in [-0.4, -0.2) is 52.5 Å². The summed E-state index contributed by atoms with van der Waals surface area (Å²) in [5.74, 6) is 1.07. The van der Waals surface area contributed by atoms with E-state index in [0.29, 0.717) is 24.4 Å². The van der Waals surface area contributed by atoms with Crippen molar-refractivity contribution in [3.05, 3.63) is 65.2 Å². The van der Waals surface area contributed by atoms with E-state index in [9.17, 15) is 9.90 Å². The lowest BCUT2D eigenvalue weighted by Gasteiger charge is -2.36. The van der Waals surface area contributed by atoms with Crippen LogP contribution in [0.4, 0.5) is 0 Å². The number of phenolic OH excluding ortho intramolecular Hbond substituents is 1. The molecule has 0 unspecified atom stereocenters. The van der Waals surface area contributed by atoms with Crippen LogP contribution in [0, 0.1) is 5.92 Å². The van der Waals surface area contributed by atoms with Gasteiger partial charge in [-0.25, -0.2) is 0 Å². The number of carbonyl (C=O) groups is 1. The zero-order chi connectivity index (χ0) is 19.1. The highest BCUT2D eigenvalue weighted by atomic mass is 16.3. The second-order valence-corrected chi connectivity index (χ2v) is 8.77. The number of nitrogens with zero attached hydrogens (tertiary/aromatic N) is 2. The molecule has 1 amide bonds. The standard InChI is InChI=1S/C24H28N2O2/c27-23-9-6-17(7-10-23)11-24(28)26-15-18-5-8-21(26)16-25(14-18)22-12-19-3-1-2-4-20(19)13-22/h1-4,6-7,9-10,18,21-22,27H,5,8,11-16H2/t18-,21+/m0/s1. The molecule has 2 bridgehead atoms. The number of fused-ring (bicyclic) bond motifs is 5. The van der Waals surface area contributed by atoms with Gasteiger partial charge in [-0.05, 0) is 60.4 Å². The van der Waals surface area contributed by atoms with Crippen molar-refractivity contribution in [3.8, 4) is 5.75 Å². The normalized spacial score (nSPS) is 24.9. The first kappa shape index (κ1) is 17.7. The molecule has 0 saturated carbocycles. The number of aromatic hydroxyl groups is 1. The molecule has 4 nitrogen and oxygen atoms in total. The Labute approximate surface area is 166 Å².